The van der Waals surface area contributed by atoms with E-state index in [-0.39, 0.29) is 37.2 Å². The monoisotopic (exact) mass is 530 g/mol. The van der Waals surface area contributed by atoms with E-state index in [1.807, 2.05) is 12.3 Å². The molecule has 0 bridgehead atoms. The summed E-state index contributed by atoms with van der Waals surface area (Å²) >= 11 is 6.14. The maximum atomic E-state index is 13.8. The van der Waals surface area contributed by atoms with E-state index in [0.29, 0.717) is 38.8 Å². The zero-order valence-corrected chi connectivity index (χ0v) is 20.6. The van der Waals surface area contributed by atoms with Crippen molar-refractivity contribution in [2.45, 2.75) is 18.8 Å². The van der Waals surface area contributed by atoms with E-state index in [1.54, 1.807) is 18.5 Å². The van der Waals surface area contributed by atoms with Gasteiger partial charge < -0.3 is 11.1 Å². The highest BCUT2D eigenvalue weighted by atomic mass is 35.5. The number of fused-ring (bicyclic) bond motifs is 1. The Labute approximate surface area is 214 Å². The number of aromatic nitrogens is 4. The van der Waals surface area contributed by atoms with Gasteiger partial charge in [-0.2, -0.15) is 5.10 Å². The van der Waals surface area contributed by atoms with Crippen LogP contribution in [0, 0.1) is 5.82 Å². The van der Waals surface area contributed by atoms with Crippen LogP contribution in [0.3, 0.4) is 0 Å². The molecule has 176 valence electrons. The van der Waals surface area contributed by atoms with Crippen LogP contribution in [0.4, 0.5) is 10.2 Å². The van der Waals surface area contributed by atoms with Crippen molar-refractivity contribution >= 4 is 65.4 Å². The highest BCUT2D eigenvalue weighted by Gasteiger charge is 2.21. The van der Waals surface area contributed by atoms with Crippen molar-refractivity contribution in [3.8, 4) is 22.4 Å². The molecule has 0 spiro atoms. The molecule has 5 rings (SSSR count). The second kappa shape index (κ2) is 11.3. The molecular weight excluding hydrogens is 509 g/mol. The number of aromatic amines is 1. The molecule has 1 aliphatic rings. The molecule has 0 saturated carbocycles. The van der Waals surface area contributed by atoms with Crippen LogP contribution in [0.1, 0.15) is 24.5 Å². The van der Waals surface area contributed by atoms with E-state index in [4.69, 9.17) is 17.3 Å². The van der Waals surface area contributed by atoms with E-state index in [1.165, 1.54) is 12.1 Å². The number of nitrogens with one attached hydrogen (secondary N) is 2. The second-order valence-corrected chi connectivity index (χ2v) is 7.96. The maximum absolute atomic E-state index is 13.8. The van der Waals surface area contributed by atoms with Crippen molar-refractivity contribution < 1.29 is 4.39 Å². The molecular formula is C22H23Cl4FN6. The Bertz CT molecular complexity index is 1240. The number of hydrogen-bond acceptors (Lipinski definition) is 5. The fourth-order valence-corrected chi connectivity index (χ4v) is 4.36. The van der Waals surface area contributed by atoms with Gasteiger partial charge in [0.25, 0.3) is 0 Å². The molecule has 4 aromatic rings. The van der Waals surface area contributed by atoms with Crippen LogP contribution >= 0.6 is 48.8 Å². The number of benzene rings is 1. The van der Waals surface area contributed by atoms with Crippen molar-refractivity contribution in [3.05, 3.63) is 59.4 Å². The Morgan fingerprint density at radius 1 is 0.939 bits per heavy atom. The molecule has 0 amide bonds. The normalized spacial score (nSPS) is 13.6. The number of nitrogen functional groups attached to an aromatic ring is 1. The minimum atomic E-state index is -0.394. The number of anilines is 1. The van der Waals surface area contributed by atoms with Gasteiger partial charge >= 0.3 is 0 Å². The molecule has 4 heterocycles. The van der Waals surface area contributed by atoms with Crippen molar-refractivity contribution in [3.63, 3.8) is 0 Å². The number of rotatable bonds is 3. The van der Waals surface area contributed by atoms with Crippen LogP contribution in [0.25, 0.3) is 33.2 Å². The van der Waals surface area contributed by atoms with Crippen LogP contribution in [0.5, 0.6) is 0 Å². The van der Waals surface area contributed by atoms with Gasteiger partial charge in [0, 0.05) is 46.1 Å². The van der Waals surface area contributed by atoms with Gasteiger partial charge in [-0.3, -0.25) is 10.1 Å². The molecule has 0 unspecified atom stereocenters. The molecule has 3 aromatic heterocycles. The quantitative estimate of drug-likeness (QED) is 0.311. The van der Waals surface area contributed by atoms with Crippen molar-refractivity contribution in [2.24, 2.45) is 0 Å². The van der Waals surface area contributed by atoms with Gasteiger partial charge in [0.1, 0.15) is 11.6 Å². The lowest BCUT2D eigenvalue weighted by Gasteiger charge is -2.22. The van der Waals surface area contributed by atoms with E-state index < -0.39 is 5.82 Å². The lowest BCUT2D eigenvalue weighted by molar-refractivity contribution is 0.453. The molecule has 1 fully saturated rings. The summed E-state index contributed by atoms with van der Waals surface area (Å²) in [6, 6.07) is 6.46. The molecule has 1 aromatic carbocycles. The van der Waals surface area contributed by atoms with Crippen LogP contribution in [0.2, 0.25) is 5.02 Å². The van der Waals surface area contributed by atoms with Crippen molar-refractivity contribution in [1.29, 1.82) is 0 Å². The predicted octanol–water partition coefficient (Wildman–Crippen LogP) is 5.79. The van der Waals surface area contributed by atoms with Gasteiger partial charge in [-0.25, -0.2) is 9.37 Å². The summed E-state index contributed by atoms with van der Waals surface area (Å²) in [5.74, 6) is 0.392. The van der Waals surface area contributed by atoms with Crippen LogP contribution in [-0.4, -0.2) is 33.3 Å². The molecule has 0 atom stereocenters. The SMILES string of the molecule is Cl.Cl.Cl.Nc1ncc(-c2cn[nH]c2C2CCNCC2)cc1-c1cc2cc(F)cc(Cl)c2cn1. The number of hydrogen-bond donors (Lipinski definition) is 3. The van der Waals surface area contributed by atoms with Gasteiger partial charge in [0.2, 0.25) is 0 Å². The Kier molecular flexibility index (Phi) is 9.29. The summed E-state index contributed by atoms with van der Waals surface area (Å²) in [6.45, 7) is 1.99. The molecule has 1 saturated heterocycles. The zero-order valence-electron chi connectivity index (χ0n) is 17.3. The number of piperidine rings is 1. The molecule has 6 nitrogen and oxygen atoms in total. The minimum Gasteiger partial charge on any atom is -0.383 e. The summed E-state index contributed by atoms with van der Waals surface area (Å²) in [5.41, 5.74) is 10.5. The first kappa shape index (κ1) is 27.1. The third kappa shape index (κ3) is 5.34. The molecule has 33 heavy (non-hydrogen) atoms. The maximum Gasteiger partial charge on any atom is 0.132 e. The number of nitrogens with two attached hydrogens (primary N) is 1. The third-order valence-electron chi connectivity index (χ3n) is 5.67. The first-order valence-electron chi connectivity index (χ1n) is 9.85. The summed E-state index contributed by atoms with van der Waals surface area (Å²) in [4.78, 5) is 8.90. The number of pyridine rings is 2. The third-order valence-corrected chi connectivity index (χ3v) is 5.99. The molecule has 4 N–H and O–H groups in total. The first-order valence-corrected chi connectivity index (χ1v) is 10.2. The Morgan fingerprint density at radius 3 is 2.45 bits per heavy atom. The average molecular weight is 532 g/mol. The average Bonchev–Trinajstić information content (AvgIpc) is 3.24. The highest BCUT2D eigenvalue weighted by Crippen LogP contribution is 2.36. The van der Waals surface area contributed by atoms with Crippen LogP contribution in [-0.2, 0) is 0 Å². The van der Waals surface area contributed by atoms with Gasteiger partial charge in [-0.1, -0.05) is 11.6 Å². The van der Waals surface area contributed by atoms with Crippen molar-refractivity contribution in [1.82, 2.24) is 25.5 Å². The number of H-pyrrole nitrogens is 1. The topological polar surface area (TPSA) is 92.5 Å². The Hall–Kier alpha value is -2.16. The summed E-state index contributed by atoms with van der Waals surface area (Å²) in [5, 5.41) is 12.5. The molecule has 1 aliphatic heterocycles. The zero-order chi connectivity index (χ0) is 20.7. The second-order valence-electron chi connectivity index (χ2n) is 7.56. The Morgan fingerprint density at radius 2 is 1.70 bits per heavy atom. The fourth-order valence-electron chi connectivity index (χ4n) is 4.10. The molecule has 0 aliphatic carbocycles. The van der Waals surface area contributed by atoms with Crippen LogP contribution < -0.4 is 11.1 Å². The largest absolute Gasteiger partial charge is 0.383 e. The van der Waals surface area contributed by atoms with E-state index in [9.17, 15) is 4.39 Å². The summed E-state index contributed by atoms with van der Waals surface area (Å²) < 4.78 is 13.8. The lowest BCUT2D eigenvalue weighted by Crippen LogP contribution is -2.27. The smallest absolute Gasteiger partial charge is 0.132 e. The summed E-state index contributed by atoms with van der Waals surface area (Å²) in [6.07, 6.45) is 7.34. The van der Waals surface area contributed by atoms with Gasteiger partial charge in [0.15, 0.2) is 0 Å². The summed E-state index contributed by atoms with van der Waals surface area (Å²) in [7, 11) is 0. The number of nitrogens with zero attached hydrogens (tertiary/aromatic N) is 3. The van der Waals surface area contributed by atoms with Gasteiger partial charge in [-0.15, -0.1) is 37.2 Å². The highest BCUT2D eigenvalue weighted by molar-refractivity contribution is 6.35. The standard InChI is InChI=1S/C22H20ClFN6.3ClH/c23-19-8-15(24)5-13-7-20(27-10-17(13)19)16-6-14(9-28-22(16)25)18-11-29-30-21(18)12-1-3-26-4-2-12;;;/h5-12,26H,1-4H2,(H2,25,28)(H,29,30);3*1H. The van der Waals surface area contributed by atoms with E-state index >= 15 is 0 Å². The van der Waals surface area contributed by atoms with E-state index in [0.717, 1.165) is 42.8 Å². The van der Waals surface area contributed by atoms with Crippen LogP contribution in [0.15, 0.2) is 42.9 Å². The Balaban J connectivity index is 0.00000128. The molecule has 0 radical (unpaired) electrons. The van der Waals surface area contributed by atoms with E-state index in [2.05, 4.69) is 25.5 Å². The predicted molar refractivity (Wildman–Crippen MR) is 139 cm³/mol. The van der Waals surface area contributed by atoms with Gasteiger partial charge in [0.05, 0.1) is 16.9 Å². The molecule has 11 heteroatoms. The first-order chi connectivity index (χ1) is 14.6. The fraction of sp³-hybridized carbons (Fsp3) is 0.227. The van der Waals surface area contributed by atoms with Crippen molar-refractivity contribution in [2.75, 3.05) is 18.8 Å². The van der Waals surface area contributed by atoms with Gasteiger partial charge in [-0.05, 0) is 55.6 Å². The minimum absolute atomic E-state index is 0. The number of halogens is 5. The lowest BCUT2D eigenvalue weighted by atomic mass is 9.90.